The quantitative estimate of drug-likeness (QED) is 0.594. The Bertz CT molecular complexity index is 399. The predicted octanol–water partition coefficient (Wildman–Crippen LogP) is -0.416. The van der Waals surface area contributed by atoms with Gasteiger partial charge in [0, 0.05) is 18.2 Å². The third-order valence-corrected chi connectivity index (χ3v) is 3.69. The van der Waals surface area contributed by atoms with Gasteiger partial charge in [0.05, 0.1) is 20.1 Å². The minimum Gasteiger partial charge on any atom is -0.331 e. The van der Waals surface area contributed by atoms with Gasteiger partial charge in [-0.25, -0.2) is 0 Å². The van der Waals surface area contributed by atoms with Crippen LogP contribution in [-0.4, -0.2) is 39.1 Å². The molecule has 0 bridgehead atoms. The van der Waals surface area contributed by atoms with Gasteiger partial charge in [-0.15, -0.1) is 0 Å². The first-order valence-electron chi connectivity index (χ1n) is 7.56. The number of hydrogen-bond acceptors (Lipinski definition) is 1. The molecule has 1 unspecified atom stereocenters. The Morgan fingerprint density at radius 3 is 2.20 bits per heavy atom. The summed E-state index contributed by atoms with van der Waals surface area (Å²) < 4.78 is 0. The van der Waals surface area contributed by atoms with Crippen LogP contribution in [0.15, 0.2) is 24.3 Å². The van der Waals surface area contributed by atoms with E-state index in [1.165, 1.54) is 43.6 Å². The zero-order valence-electron chi connectivity index (χ0n) is 13.3. The van der Waals surface area contributed by atoms with Crippen molar-refractivity contribution in [3.05, 3.63) is 29.8 Å². The van der Waals surface area contributed by atoms with Crippen LogP contribution in [0, 0.1) is 0 Å². The number of nitrogens with one attached hydrogen (secondary N) is 3. The summed E-state index contributed by atoms with van der Waals surface area (Å²) in [6.07, 6.45) is 0. The first-order chi connectivity index (χ1) is 9.55. The van der Waals surface area contributed by atoms with E-state index >= 15 is 0 Å². The molecule has 1 rings (SSSR count). The highest BCUT2D eigenvalue weighted by Crippen LogP contribution is 2.08. The fourth-order valence-corrected chi connectivity index (χ4v) is 2.34. The number of amides is 1. The van der Waals surface area contributed by atoms with Crippen LogP contribution < -0.4 is 15.1 Å². The first kappa shape index (κ1) is 16.7. The number of likely N-dealkylation sites (N-methyl/N-ethyl adjacent to an activating group) is 2. The topological polar surface area (TPSA) is 38.0 Å². The summed E-state index contributed by atoms with van der Waals surface area (Å²) in [5.41, 5.74) is 2.18. The van der Waals surface area contributed by atoms with Crippen molar-refractivity contribution in [2.45, 2.75) is 27.3 Å². The Labute approximate surface area is 122 Å². The van der Waals surface area contributed by atoms with E-state index in [0.717, 1.165) is 12.2 Å². The summed E-state index contributed by atoms with van der Waals surface area (Å²) in [5, 5.41) is 2.79. The molecule has 0 aliphatic heterocycles. The minimum atomic E-state index is -0.0253. The zero-order chi connectivity index (χ0) is 15.0. The van der Waals surface area contributed by atoms with E-state index in [0.29, 0.717) is 0 Å². The number of benzene rings is 1. The van der Waals surface area contributed by atoms with Gasteiger partial charge in [-0.2, -0.15) is 0 Å². The third-order valence-electron chi connectivity index (χ3n) is 3.69. The second kappa shape index (κ2) is 8.72. The maximum atomic E-state index is 11.0. The van der Waals surface area contributed by atoms with E-state index in [1.807, 2.05) is 12.1 Å². The Hall–Kier alpha value is -1.39. The van der Waals surface area contributed by atoms with E-state index < -0.39 is 0 Å². The van der Waals surface area contributed by atoms with Crippen molar-refractivity contribution < 1.29 is 14.6 Å². The van der Waals surface area contributed by atoms with Gasteiger partial charge in [-0.05, 0) is 26.0 Å². The smallest absolute Gasteiger partial charge is 0.221 e. The number of carbonyl (C=O) groups excluding carboxylic acids is 1. The van der Waals surface area contributed by atoms with E-state index in [9.17, 15) is 4.79 Å². The Balaban J connectivity index is 2.41. The molecule has 4 nitrogen and oxygen atoms in total. The van der Waals surface area contributed by atoms with Crippen LogP contribution >= 0.6 is 0 Å². The first-order valence-corrected chi connectivity index (χ1v) is 7.56. The molecule has 3 N–H and O–H groups in total. The number of anilines is 1. The highest BCUT2D eigenvalue weighted by Gasteiger charge is 2.09. The van der Waals surface area contributed by atoms with Crippen LogP contribution in [0.25, 0.3) is 0 Å². The molecule has 0 aliphatic rings. The average Bonchev–Trinajstić information content (AvgIpc) is 2.41. The summed E-state index contributed by atoms with van der Waals surface area (Å²) in [5.74, 6) is -0.0253. The Morgan fingerprint density at radius 1 is 1.10 bits per heavy atom. The standard InChI is InChI=1S/C16H27N3O/c1-5-19(6-2)12-11-18(4)13-15-7-9-16(10-8-15)17-14(3)20/h7-10H,5-6,11-13H2,1-4H3,(H,17,20)/p+2. The van der Waals surface area contributed by atoms with Gasteiger partial charge in [-0.1, -0.05) is 12.1 Å². The lowest BCUT2D eigenvalue weighted by atomic mass is 10.2. The Morgan fingerprint density at radius 2 is 1.70 bits per heavy atom. The molecule has 0 spiro atoms. The zero-order valence-corrected chi connectivity index (χ0v) is 13.3. The SMILES string of the molecule is CC[NH+](CC)CC[NH+](C)Cc1ccc(NC(C)=O)cc1. The summed E-state index contributed by atoms with van der Waals surface area (Å²) in [6.45, 7) is 11.9. The van der Waals surface area contributed by atoms with Gasteiger partial charge >= 0.3 is 0 Å². The maximum absolute atomic E-state index is 11.0. The lowest BCUT2D eigenvalue weighted by Gasteiger charge is -2.19. The van der Waals surface area contributed by atoms with Gasteiger partial charge < -0.3 is 15.1 Å². The molecule has 1 amide bonds. The molecule has 1 atom stereocenters. The second-order valence-electron chi connectivity index (χ2n) is 5.47. The molecule has 0 saturated heterocycles. The van der Waals surface area contributed by atoms with Crippen molar-refractivity contribution >= 4 is 11.6 Å². The minimum absolute atomic E-state index is 0.0253. The fraction of sp³-hybridized carbons (Fsp3) is 0.562. The van der Waals surface area contributed by atoms with Crippen LogP contribution in [0.2, 0.25) is 0 Å². The van der Waals surface area contributed by atoms with Crippen LogP contribution in [0.5, 0.6) is 0 Å². The summed E-state index contributed by atoms with van der Waals surface area (Å²) in [7, 11) is 2.24. The lowest BCUT2D eigenvalue weighted by Crippen LogP contribution is -3.18. The van der Waals surface area contributed by atoms with Crippen molar-refractivity contribution in [2.75, 3.05) is 38.5 Å². The average molecular weight is 279 g/mol. The van der Waals surface area contributed by atoms with Crippen molar-refractivity contribution in [3.8, 4) is 0 Å². The molecule has 0 fully saturated rings. The molecule has 1 aromatic rings. The molecule has 4 heteroatoms. The van der Waals surface area contributed by atoms with Crippen molar-refractivity contribution in [1.29, 1.82) is 0 Å². The predicted molar refractivity (Wildman–Crippen MR) is 83.1 cm³/mol. The summed E-state index contributed by atoms with van der Waals surface area (Å²) >= 11 is 0. The molecule has 0 saturated carbocycles. The largest absolute Gasteiger partial charge is 0.331 e. The van der Waals surface area contributed by atoms with Crippen LogP contribution in [0.3, 0.4) is 0 Å². The van der Waals surface area contributed by atoms with E-state index in [4.69, 9.17) is 0 Å². The molecule has 0 heterocycles. The second-order valence-corrected chi connectivity index (χ2v) is 5.47. The van der Waals surface area contributed by atoms with Crippen LogP contribution in [0.1, 0.15) is 26.3 Å². The van der Waals surface area contributed by atoms with Crippen molar-refractivity contribution in [2.24, 2.45) is 0 Å². The van der Waals surface area contributed by atoms with E-state index in [-0.39, 0.29) is 5.91 Å². The van der Waals surface area contributed by atoms with Crippen molar-refractivity contribution in [3.63, 3.8) is 0 Å². The molecular weight excluding hydrogens is 250 g/mol. The van der Waals surface area contributed by atoms with Gasteiger partial charge in [0.15, 0.2) is 0 Å². The molecule has 0 aliphatic carbocycles. The monoisotopic (exact) mass is 279 g/mol. The molecule has 20 heavy (non-hydrogen) atoms. The number of hydrogen-bond donors (Lipinski definition) is 3. The molecule has 0 radical (unpaired) electrons. The number of carbonyl (C=O) groups is 1. The maximum Gasteiger partial charge on any atom is 0.221 e. The van der Waals surface area contributed by atoms with Gasteiger partial charge in [0.2, 0.25) is 5.91 Å². The molecular formula is C16H29N3O+2. The molecule has 1 aromatic carbocycles. The van der Waals surface area contributed by atoms with Gasteiger partial charge in [0.25, 0.3) is 0 Å². The van der Waals surface area contributed by atoms with Crippen molar-refractivity contribution in [1.82, 2.24) is 0 Å². The summed E-state index contributed by atoms with van der Waals surface area (Å²) in [4.78, 5) is 14.1. The van der Waals surface area contributed by atoms with E-state index in [1.54, 1.807) is 4.90 Å². The van der Waals surface area contributed by atoms with Gasteiger partial charge in [-0.3, -0.25) is 4.79 Å². The number of quaternary nitrogens is 2. The fourth-order valence-electron chi connectivity index (χ4n) is 2.34. The van der Waals surface area contributed by atoms with E-state index in [2.05, 4.69) is 38.3 Å². The lowest BCUT2D eigenvalue weighted by molar-refractivity contribution is -0.953. The summed E-state index contributed by atoms with van der Waals surface area (Å²) in [6, 6.07) is 8.14. The highest BCUT2D eigenvalue weighted by molar-refractivity contribution is 5.88. The third kappa shape index (κ3) is 6.17. The number of rotatable bonds is 8. The van der Waals surface area contributed by atoms with Gasteiger partial charge in [0.1, 0.15) is 19.6 Å². The molecule has 0 aromatic heterocycles. The Kier molecular flexibility index (Phi) is 7.26. The molecule has 112 valence electrons. The van der Waals surface area contributed by atoms with Crippen LogP contribution in [-0.2, 0) is 11.3 Å². The van der Waals surface area contributed by atoms with Crippen LogP contribution in [0.4, 0.5) is 5.69 Å². The highest BCUT2D eigenvalue weighted by atomic mass is 16.1. The normalized spacial score (nSPS) is 12.4.